The van der Waals surface area contributed by atoms with Gasteiger partial charge in [0.2, 0.25) is 0 Å². The molecule has 194 valence electrons. The highest BCUT2D eigenvalue weighted by Crippen LogP contribution is 2.33. The minimum Gasteiger partial charge on any atom is -0.487 e. The summed E-state index contributed by atoms with van der Waals surface area (Å²) in [5.74, 6) is -0.0589. The number of carbonyl (C=O) groups is 1. The number of pyridine rings is 1. The first-order valence-electron chi connectivity index (χ1n) is 11.7. The smallest absolute Gasteiger partial charge is 0.272 e. The molecule has 0 atom stereocenters. The summed E-state index contributed by atoms with van der Waals surface area (Å²) in [6.07, 6.45) is 1.43. The first kappa shape index (κ1) is 27.0. The molecule has 1 amide bonds. The van der Waals surface area contributed by atoms with Gasteiger partial charge in [-0.15, -0.1) is 0 Å². The van der Waals surface area contributed by atoms with Crippen LogP contribution in [-0.4, -0.2) is 17.1 Å². The topological polar surface area (TPSA) is 63.6 Å². The lowest BCUT2D eigenvalue weighted by Gasteiger charge is -2.13. The summed E-state index contributed by atoms with van der Waals surface area (Å²) >= 11 is 24.9. The van der Waals surface area contributed by atoms with Gasteiger partial charge in [0, 0.05) is 37.1 Å². The van der Waals surface area contributed by atoms with E-state index in [-0.39, 0.29) is 11.6 Å². The molecule has 5 aromatic rings. The van der Waals surface area contributed by atoms with Crippen molar-refractivity contribution in [2.24, 2.45) is 5.10 Å². The summed E-state index contributed by atoms with van der Waals surface area (Å²) < 4.78 is 5.96. The Morgan fingerprint density at radius 1 is 0.846 bits per heavy atom. The van der Waals surface area contributed by atoms with Crippen LogP contribution in [0.1, 0.15) is 21.5 Å². The second-order valence-electron chi connectivity index (χ2n) is 8.47. The second kappa shape index (κ2) is 12.1. The quantitative estimate of drug-likeness (QED) is 0.151. The fourth-order valence-corrected chi connectivity index (χ4v) is 4.98. The summed E-state index contributed by atoms with van der Waals surface area (Å²) in [5, 5.41) is 6.54. The number of hydrazone groups is 1. The Bertz CT molecular complexity index is 1710. The fraction of sp³-hybridized carbons (Fsp3) is 0.0333. The number of rotatable bonds is 7. The van der Waals surface area contributed by atoms with Crippen molar-refractivity contribution < 1.29 is 9.53 Å². The van der Waals surface area contributed by atoms with E-state index in [1.54, 1.807) is 36.4 Å². The molecular formula is C30H19Cl4N3O2. The van der Waals surface area contributed by atoms with Gasteiger partial charge in [-0.2, -0.15) is 5.10 Å². The average molecular weight is 595 g/mol. The van der Waals surface area contributed by atoms with Gasteiger partial charge in [0.15, 0.2) is 0 Å². The first-order valence-corrected chi connectivity index (χ1v) is 13.2. The lowest BCUT2D eigenvalue weighted by Crippen LogP contribution is -2.18. The Balaban J connectivity index is 1.40. The fourth-order valence-electron chi connectivity index (χ4n) is 3.96. The highest BCUT2D eigenvalue weighted by molar-refractivity contribution is 6.36. The highest BCUT2D eigenvalue weighted by atomic mass is 35.5. The molecule has 1 N–H and O–H groups in total. The molecule has 0 aliphatic heterocycles. The molecule has 1 heterocycles. The number of nitrogens with zero attached hydrogens (tertiary/aromatic N) is 2. The number of hydrogen-bond acceptors (Lipinski definition) is 4. The number of ether oxygens (including phenoxy) is 1. The largest absolute Gasteiger partial charge is 0.487 e. The molecule has 1 aromatic heterocycles. The Kier molecular flexibility index (Phi) is 8.34. The van der Waals surface area contributed by atoms with E-state index in [2.05, 4.69) is 10.5 Å². The first-order chi connectivity index (χ1) is 18.9. The summed E-state index contributed by atoms with van der Waals surface area (Å²) in [6.45, 7) is 0.135. The van der Waals surface area contributed by atoms with Crippen LogP contribution in [0.25, 0.3) is 22.2 Å². The number of nitrogens with one attached hydrogen (secondary N) is 1. The van der Waals surface area contributed by atoms with Gasteiger partial charge in [-0.25, -0.2) is 10.4 Å². The Morgan fingerprint density at radius 2 is 1.59 bits per heavy atom. The average Bonchev–Trinajstić information content (AvgIpc) is 2.93. The van der Waals surface area contributed by atoms with Crippen molar-refractivity contribution in [2.75, 3.05) is 0 Å². The van der Waals surface area contributed by atoms with Crippen molar-refractivity contribution in [3.8, 4) is 17.0 Å². The Hall–Kier alpha value is -3.61. The van der Waals surface area contributed by atoms with Crippen molar-refractivity contribution in [1.82, 2.24) is 10.4 Å². The molecule has 5 nitrogen and oxygen atoms in total. The van der Waals surface area contributed by atoms with Crippen LogP contribution in [-0.2, 0) is 6.61 Å². The van der Waals surface area contributed by atoms with Crippen molar-refractivity contribution in [3.05, 3.63) is 128 Å². The Labute approximate surface area is 245 Å². The lowest BCUT2D eigenvalue weighted by atomic mass is 10.0. The van der Waals surface area contributed by atoms with Crippen LogP contribution in [0.3, 0.4) is 0 Å². The zero-order valence-electron chi connectivity index (χ0n) is 20.2. The van der Waals surface area contributed by atoms with E-state index in [1.165, 1.54) is 6.21 Å². The number of fused-ring (bicyclic) bond motifs is 1. The number of aromatic nitrogens is 1. The molecule has 0 unspecified atom stereocenters. The van der Waals surface area contributed by atoms with Crippen LogP contribution in [0.15, 0.2) is 96.1 Å². The van der Waals surface area contributed by atoms with Crippen molar-refractivity contribution in [2.45, 2.75) is 6.61 Å². The molecule has 0 aliphatic rings. The molecule has 39 heavy (non-hydrogen) atoms. The van der Waals surface area contributed by atoms with E-state index >= 15 is 0 Å². The molecule has 0 radical (unpaired) electrons. The third kappa shape index (κ3) is 6.35. The SMILES string of the molecule is O=C(N/N=C\c1cc(Cl)cc(Cl)c1OCc1ccc(Cl)cc1Cl)c1cc(-c2ccccc2)nc2ccccc12. The number of para-hydroxylation sites is 1. The summed E-state index contributed by atoms with van der Waals surface area (Å²) in [4.78, 5) is 18.0. The van der Waals surface area contributed by atoms with Gasteiger partial charge in [-0.05, 0) is 36.4 Å². The van der Waals surface area contributed by atoms with Gasteiger partial charge in [-0.1, -0.05) is 101 Å². The van der Waals surface area contributed by atoms with Crippen LogP contribution in [0, 0.1) is 0 Å². The number of benzene rings is 4. The second-order valence-corrected chi connectivity index (χ2v) is 10.2. The van der Waals surface area contributed by atoms with Gasteiger partial charge < -0.3 is 4.74 Å². The predicted octanol–water partition coefficient (Wildman–Crippen LogP) is 8.86. The van der Waals surface area contributed by atoms with Gasteiger partial charge in [0.25, 0.3) is 5.91 Å². The molecule has 5 rings (SSSR count). The van der Waals surface area contributed by atoms with Crippen LogP contribution < -0.4 is 10.2 Å². The molecule has 0 saturated carbocycles. The monoisotopic (exact) mass is 593 g/mol. The molecule has 0 aliphatic carbocycles. The van der Waals surface area contributed by atoms with Gasteiger partial charge in [-0.3, -0.25) is 4.79 Å². The van der Waals surface area contributed by atoms with Crippen molar-refractivity contribution in [1.29, 1.82) is 0 Å². The molecule has 0 fully saturated rings. The minimum absolute atomic E-state index is 0.135. The summed E-state index contributed by atoms with van der Waals surface area (Å²) in [7, 11) is 0. The van der Waals surface area contributed by atoms with Crippen molar-refractivity contribution in [3.63, 3.8) is 0 Å². The van der Waals surface area contributed by atoms with E-state index in [4.69, 9.17) is 56.1 Å². The minimum atomic E-state index is -0.398. The molecule has 4 aromatic carbocycles. The molecule has 9 heteroatoms. The van der Waals surface area contributed by atoms with Crippen LogP contribution in [0.4, 0.5) is 0 Å². The maximum Gasteiger partial charge on any atom is 0.272 e. The number of carbonyl (C=O) groups excluding carboxylic acids is 1. The normalized spacial score (nSPS) is 11.2. The zero-order chi connectivity index (χ0) is 27.4. The molecular weight excluding hydrogens is 576 g/mol. The van der Waals surface area contributed by atoms with Gasteiger partial charge >= 0.3 is 0 Å². The van der Waals surface area contributed by atoms with Gasteiger partial charge in [0.05, 0.1) is 28.0 Å². The van der Waals surface area contributed by atoms with Crippen molar-refractivity contribution >= 4 is 69.4 Å². The Morgan fingerprint density at radius 3 is 2.38 bits per heavy atom. The number of hydrogen-bond donors (Lipinski definition) is 1. The summed E-state index contributed by atoms with van der Waals surface area (Å²) in [5.41, 5.74) is 6.52. The van der Waals surface area contributed by atoms with E-state index < -0.39 is 5.91 Å². The maximum absolute atomic E-state index is 13.3. The van der Waals surface area contributed by atoms with E-state index in [0.29, 0.717) is 48.5 Å². The van der Waals surface area contributed by atoms with Crippen LogP contribution in [0.5, 0.6) is 5.75 Å². The maximum atomic E-state index is 13.3. The van der Waals surface area contributed by atoms with E-state index in [1.807, 2.05) is 54.6 Å². The highest BCUT2D eigenvalue weighted by Gasteiger charge is 2.15. The summed E-state index contributed by atoms with van der Waals surface area (Å²) in [6, 6.07) is 27.2. The number of halogens is 4. The van der Waals surface area contributed by atoms with Crippen LogP contribution in [0.2, 0.25) is 20.1 Å². The standard InChI is InChI=1S/C30H19Cl4N3O2/c31-21-11-10-19(25(33)13-21)17-39-29-20(12-22(32)14-26(29)34)16-35-37-30(38)24-15-28(18-6-2-1-3-7-18)36-27-9-5-4-8-23(24)27/h1-16H,17H2,(H,37,38)/b35-16-. The molecule has 0 saturated heterocycles. The third-order valence-corrected chi connectivity index (χ3v) is 6.91. The third-order valence-electron chi connectivity index (χ3n) is 5.82. The molecule has 0 bridgehead atoms. The molecule has 0 spiro atoms. The van der Waals surface area contributed by atoms with E-state index in [9.17, 15) is 4.79 Å². The number of amides is 1. The van der Waals surface area contributed by atoms with Crippen LogP contribution >= 0.6 is 46.4 Å². The van der Waals surface area contributed by atoms with E-state index in [0.717, 1.165) is 11.1 Å². The lowest BCUT2D eigenvalue weighted by molar-refractivity contribution is 0.0956. The zero-order valence-corrected chi connectivity index (χ0v) is 23.2. The van der Waals surface area contributed by atoms with Gasteiger partial charge in [0.1, 0.15) is 12.4 Å². The predicted molar refractivity (Wildman–Crippen MR) is 159 cm³/mol.